The van der Waals surface area contributed by atoms with E-state index in [0.29, 0.717) is 0 Å². The van der Waals surface area contributed by atoms with Crippen molar-refractivity contribution in [1.82, 2.24) is 14.8 Å². The van der Waals surface area contributed by atoms with E-state index >= 15 is 0 Å². The van der Waals surface area contributed by atoms with Gasteiger partial charge in [-0.15, -0.1) is 16.8 Å². The van der Waals surface area contributed by atoms with E-state index in [4.69, 9.17) is 0 Å². The second-order valence-corrected chi connectivity index (χ2v) is 4.17. The van der Waals surface area contributed by atoms with Crippen LogP contribution < -0.4 is 0 Å². The summed E-state index contributed by atoms with van der Waals surface area (Å²) in [5, 5.41) is 9.26. The number of nitrogens with zero attached hydrogens (tertiary/aromatic N) is 3. The average molecular weight is 211 g/mol. The standard InChI is InChI=1S/C10H17N3S/c1-4-6-8-14-10-12-11-9(3)13(10)7-5-2/h4H,1,5-8H2,2-3H3. The molecule has 0 N–H and O–H groups in total. The quantitative estimate of drug-likeness (QED) is 0.412. The molecule has 0 atom stereocenters. The molecule has 0 fully saturated rings. The Balaban J connectivity index is 2.60. The Morgan fingerprint density at radius 3 is 2.93 bits per heavy atom. The molecule has 78 valence electrons. The topological polar surface area (TPSA) is 30.7 Å². The lowest BCUT2D eigenvalue weighted by atomic mass is 10.5. The molecule has 0 saturated heterocycles. The minimum Gasteiger partial charge on any atom is -0.306 e. The zero-order chi connectivity index (χ0) is 10.4. The zero-order valence-corrected chi connectivity index (χ0v) is 9.68. The summed E-state index contributed by atoms with van der Waals surface area (Å²) in [5.74, 6) is 2.04. The number of hydrogen-bond acceptors (Lipinski definition) is 3. The van der Waals surface area contributed by atoms with Crippen LogP contribution in [0.15, 0.2) is 17.8 Å². The molecule has 1 heterocycles. The normalized spacial score (nSPS) is 10.4. The molecule has 3 nitrogen and oxygen atoms in total. The fourth-order valence-corrected chi connectivity index (χ4v) is 2.13. The van der Waals surface area contributed by atoms with E-state index in [1.54, 1.807) is 11.8 Å². The number of aryl methyl sites for hydroxylation is 1. The highest BCUT2D eigenvalue weighted by atomic mass is 32.2. The van der Waals surface area contributed by atoms with Crippen LogP contribution in [0, 0.1) is 6.92 Å². The van der Waals surface area contributed by atoms with Gasteiger partial charge >= 0.3 is 0 Å². The van der Waals surface area contributed by atoms with Gasteiger partial charge in [0.25, 0.3) is 0 Å². The molecule has 1 rings (SSSR count). The lowest BCUT2D eigenvalue weighted by Gasteiger charge is -2.05. The Morgan fingerprint density at radius 2 is 2.29 bits per heavy atom. The third-order valence-electron chi connectivity index (χ3n) is 1.90. The van der Waals surface area contributed by atoms with Crippen LogP contribution in [-0.2, 0) is 6.54 Å². The van der Waals surface area contributed by atoms with Crippen LogP contribution in [0.4, 0.5) is 0 Å². The van der Waals surface area contributed by atoms with Crippen molar-refractivity contribution in [3.8, 4) is 0 Å². The summed E-state index contributed by atoms with van der Waals surface area (Å²) in [7, 11) is 0. The summed E-state index contributed by atoms with van der Waals surface area (Å²) in [6, 6.07) is 0. The Kier molecular flexibility index (Phi) is 4.73. The first kappa shape index (κ1) is 11.3. The smallest absolute Gasteiger partial charge is 0.191 e. The first-order chi connectivity index (χ1) is 6.79. The fourth-order valence-electron chi connectivity index (χ4n) is 1.18. The maximum atomic E-state index is 4.15. The van der Waals surface area contributed by atoms with Crippen molar-refractivity contribution in [2.24, 2.45) is 0 Å². The summed E-state index contributed by atoms with van der Waals surface area (Å²) in [4.78, 5) is 0. The first-order valence-corrected chi connectivity index (χ1v) is 5.91. The molecular formula is C10H17N3S. The van der Waals surface area contributed by atoms with Crippen molar-refractivity contribution >= 4 is 11.8 Å². The summed E-state index contributed by atoms with van der Waals surface area (Å²) in [6.07, 6.45) is 4.07. The van der Waals surface area contributed by atoms with Gasteiger partial charge in [0, 0.05) is 12.3 Å². The molecule has 0 amide bonds. The molecular weight excluding hydrogens is 194 g/mol. The van der Waals surface area contributed by atoms with Crippen LogP contribution in [-0.4, -0.2) is 20.5 Å². The average Bonchev–Trinajstić information content (AvgIpc) is 2.51. The second kappa shape index (κ2) is 5.86. The Labute approximate surface area is 89.6 Å². The summed E-state index contributed by atoms with van der Waals surface area (Å²) < 4.78 is 2.17. The molecule has 0 aliphatic rings. The second-order valence-electron chi connectivity index (χ2n) is 3.11. The third kappa shape index (κ3) is 2.87. The molecule has 0 aromatic carbocycles. The van der Waals surface area contributed by atoms with Crippen molar-refractivity contribution in [3.05, 3.63) is 18.5 Å². The third-order valence-corrected chi connectivity index (χ3v) is 2.90. The SMILES string of the molecule is C=CCCSc1nnc(C)n1CCC. The summed E-state index contributed by atoms with van der Waals surface area (Å²) in [5.41, 5.74) is 0. The Morgan fingerprint density at radius 1 is 1.50 bits per heavy atom. The highest BCUT2D eigenvalue weighted by molar-refractivity contribution is 7.99. The van der Waals surface area contributed by atoms with E-state index in [2.05, 4.69) is 28.3 Å². The number of aromatic nitrogens is 3. The number of rotatable bonds is 6. The van der Waals surface area contributed by atoms with E-state index in [9.17, 15) is 0 Å². The van der Waals surface area contributed by atoms with Crippen LogP contribution >= 0.6 is 11.8 Å². The van der Waals surface area contributed by atoms with Crippen LogP contribution in [0.25, 0.3) is 0 Å². The molecule has 0 radical (unpaired) electrons. The van der Waals surface area contributed by atoms with Crippen molar-refractivity contribution < 1.29 is 0 Å². The largest absolute Gasteiger partial charge is 0.306 e. The lowest BCUT2D eigenvalue weighted by Crippen LogP contribution is -2.01. The van der Waals surface area contributed by atoms with Gasteiger partial charge in [-0.25, -0.2) is 0 Å². The van der Waals surface area contributed by atoms with Gasteiger partial charge in [-0.2, -0.15) is 0 Å². The molecule has 14 heavy (non-hydrogen) atoms. The minimum absolute atomic E-state index is 1.01. The lowest BCUT2D eigenvalue weighted by molar-refractivity contribution is 0.605. The van der Waals surface area contributed by atoms with Crippen LogP contribution in [0.3, 0.4) is 0 Å². The molecule has 1 aromatic heterocycles. The number of hydrogen-bond donors (Lipinski definition) is 0. The predicted octanol–water partition coefficient (Wildman–Crippen LogP) is 2.66. The van der Waals surface area contributed by atoms with Crippen LogP contribution in [0.2, 0.25) is 0 Å². The van der Waals surface area contributed by atoms with E-state index in [0.717, 1.165) is 36.1 Å². The maximum Gasteiger partial charge on any atom is 0.191 e. The zero-order valence-electron chi connectivity index (χ0n) is 8.86. The molecule has 0 bridgehead atoms. The Bertz CT molecular complexity index is 294. The molecule has 0 saturated carbocycles. The number of thioether (sulfide) groups is 1. The van der Waals surface area contributed by atoms with E-state index in [1.807, 2.05) is 13.0 Å². The van der Waals surface area contributed by atoms with E-state index in [-0.39, 0.29) is 0 Å². The summed E-state index contributed by atoms with van der Waals surface area (Å²) >= 11 is 1.75. The van der Waals surface area contributed by atoms with Gasteiger partial charge in [-0.1, -0.05) is 24.8 Å². The monoisotopic (exact) mass is 211 g/mol. The Hall–Kier alpha value is -0.770. The molecule has 0 aliphatic carbocycles. The molecule has 0 aliphatic heterocycles. The molecule has 0 spiro atoms. The highest BCUT2D eigenvalue weighted by Gasteiger charge is 2.07. The van der Waals surface area contributed by atoms with Gasteiger partial charge in [0.15, 0.2) is 5.16 Å². The van der Waals surface area contributed by atoms with Crippen LogP contribution in [0.5, 0.6) is 0 Å². The van der Waals surface area contributed by atoms with Gasteiger partial charge in [-0.3, -0.25) is 0 Å². The van der Waals surface area contributed by atoms with Gasteiger partial charge < -0.3 is 4.57 Å². The summed E-state index contributed by atoms with van der Waals surface area (Å²) in [6.45, 7) is 8.87. The first-order valence-electron chi connectivity index (χ1n) is 4.93. The predicted molar refractivity (Wildman–Crippen MR) is 60.6 cm³/mol. The van der Waals surface area contributed by atoms with E-state index in [1.165, 1.54) is 0 Å². The van der Waals surface area contributed by atoms with Crippen molar-refractivity contribution in [3.63, 3.8) is 0 Å². The van der Waals surface area contributed by atoms with Gasteiger partial charge in [0.05, 0.1) is 0 Å². The maximum absolute atomic E-state index is 4.15. The van der Waals surface area contributed by atoms with Crippen molar-refractivity contribution in [2.75, 3.05) is 5.75 Å². The molecule has 0 unspecified atom stereocenters. The minimum atomic E-state index is 1.01. The van der Waals surface area contributed by atoms with Gasteiger partial charge in [0.1, 0.15) is 5.82 Å². The van der Waals surface area contributed by atoms with Crippen molar-refractivity contribution in [1.29, 1.82) is 0 Å². The fraction of sp³-hybridized carbons (Fsp3) is 0.600. The highest BCUT2D eigenvalue weighted by Crippen LogP contribution is 2.17. The molecule has 4 heteroatoms. The van der Waals surface area contributed by atoms with Crippen molar-refractivity contribution in [2.45, 2.75) is 38.4 Å². The van der Waals surface area contributed by atoms with Crippen LogP contribution in [0.1, 0.15) is 25.6 Å². The van der Waals surface area contributed by atoms with Gasteiger partial charge in [-0.05, 0) is 19.8 Å². The number of allylic oxidation sites excluding steroid dienone is 1. The van der Waals surface area contributed by atoms with E-state index < -0.39 is 0 Å². The van der Waals surface area contributed by atoms with Gasteiger partial charge in [0.2, 0.25) is 0 Å². The molecule has 1 aromatic rings.